The van der Waals surface area contributed by atoms with Gasteiger partial charge in [-0.2, -0.15) is 13.2 Å². The van der Waals surface area contributed by atoms with E-state index in [9.17, 15) is 13.2 Å². The molecule has 8 heteroatoms. The zero-order valence-electron chi connectivity index (χ0n) is 10.7. The summed E-state index contributed by atoms with van der Waals surface area (Å²) in [5.41, 5.74) is 4.65. The van der Waals surface area contributed by atoms with Crippen molar-refractivity contribution in [3.05, 3.63) is 23.4 Å². The van der Waals surface area contributed by atoms with Crippen LogP contribution < -0.4 is 10.6 Å². The van der Waals surface area contributed by atoms with E-state index in [0.717, 1.165) is 6.07 Å². The summed E-state index contributed by atoms with van der Waals surface area (Å²) in [5.74, 6) is -0.204. The van der Waals surface area contributed by atoms with Gasteiger partial charge in [-0.25, -0.2) is 4.98 Å². The first-order chi connectivity index (χ1) is 9.39. The second-order valence-corrected chi connectivity index (χ2v) is 4.43. The van der Waals surface area contributed by atoms with Crippen molar-refractivity contribution in [3.8, 4) is 0 Å². The van der Waals surface area contributed by atoms with Crippen molar-refractivity contribution in [2.75, 3.05) is 31.2 Å². The van der Waals surface area contributed by atoms with Crippen molar-refractivity contribution in [1.29, 1.82) is 5.41 Å². The van der Waals surface area contributed by atoms with E-state index in [1.54, 1.807) is 4.90 Å². The Kier molecular flexibility index (Phi) is 4.12. The van der Waals surface area contributed by atoms with Gasteiger partial charge in [0.25, 0.3) is 0 Å². The molecule has 0 aliphatic carbocycles. The molecule has 0 aromatic carbocycles. The van der Waals surface area contributed by atoms with Crippen LogP contribution in [0.15, 0.2) is 12.1 Å². The van der Waals surface area contributed by atoms with Gasteiger partial charge in [-0.15, -0.1) is 0 Å². The number of halogens is 3. The van der Waals surface area contributed by atoms with E-state index in [2.05, 4.69) is 4.98 Å². The van der Waals surface area contributed by atoms with Gasteiger partial charge in [0.15, 0.2) is 0 Å². The fraction of sp³-hybridized carbons (Fsp3) is 0.500. The van der Waals surface area contributed by atoms with Crippen LogP contribution in [0.25, 0.3) is 0 Å². The second kappa shape index (κ2) is 5.66. The van der Waals surface area contributed by atoms with Gasteiger partial charge in [-0.05, 0) is 18.6 Å². The highest BCUT2D eigenvalue weighted by molar-refractivity contribution is 5.99. The smallest absolute Gasteiger partial charge is 0.384 e. The number of rotatable bonds is 2. The number of nitrogens with two attached hydrogens (primary N) is 1. The Balaban J connectivity index is 2.43. The number of nitrogens with zero attached hydrogens (tertiary/aromatic N) is 2. The first-order valence-corrected chi connectivity index (χ1v) is 6.15. The van der Waals surface area contributed by atoms with Gasteiger partial charge >= 0.3 is 6.18 Å². The first kappa shape index (κ1) is 14.6. The van der Waals surface area contributed by atoms with Crippen LogP contribution in [0.5, 0.6) is 0 Å². The van der Waals surface area contributed by atoms with Gasteiger partial charge < -0.3 is 15.4 Å². The maximum Gasteiger partial charge on any atom is 0.433 e. The summed E-state index contributed by atoms with van der Waals surface area (Å²) in [6.45, 7) is 1.92. The quantitative estimate of drug-likeness (QED) is 0.640. The number of ether oxygens (including phenoxy) is 1. The topological polar surface area (TPSA) is 75.2 Å². The SMILES string of the molecule is N=C(N)c1ccc(C(F)(F)F)nc1N1CCCOCC1. The lowest BCUT2D eigenvalue weighted by atomic mass is 10.2. The predicted molar refractivity (Wildman–Crippen MR) is 67.9 cm³/mol. The normalized spacial score (nSPS) is 16.9. The molecule has 2 heterocycles. The number of hydrogen-bond donors (Lipinski definition) is 2. The van der Waals surface area contributed by atoms with Crippen molar-refractivity contribution >= 4 is 11.7 Å². The number of anilines is 1. The summed E-state index contributed by atoms with van der Waals surface area (Å²) in [6.07, 6.45) is -3.83. The average molecular weight is 288 g/mol. The summed E-state index contributed by atoms with van der Waals surface area (Å²) in [5, 5.41) is 7.47. The van der Waals surface area contributed by atoms with Crippen LogP contribution >= 0.6 is 0 Å². The maximum atomic E-state index is 12.8. The number of nitrogen functional groups attached to an aromatic ring is 1. The molecule has 1 aliphatic rings. The first-order valence-electron chi connectivity index (χ1n) is 6.15. The number of amidine groups is 1. The molecule has 0 bridgehead atoms. The molecule has 0 saturated carbocycles. The largest absolute Gasteiger partial charge is 0.433 e. The number of pyridine rings is 1. The molecular formula is C12H15F3N4O. The minimum absolute atomic E-state index is 0.0952. The lowest BCUT2D eigenvalue weighted by Gasteiger charge is -2.24. The van der Waals surface area contributed by atoms with Gasteiger partial charge in [0, 0.05) is 19.7 Å². The van der Waals surface area contributed by atoms with Crippen molar-refractivity contribution in [3.63, 3.8) is 0 Å². The molecule has 1 fully saturated rings. The Morgan fingerprint density at radius 2 is 2.05 bits per heavy atom. The highest BCUT2D eigenvalue weighted by atomic mass is 19.4. The summed E-state index contributed by atoms with van der Waals surface area (Å²) < 4.78 is 43.5. The molecule has 3 N–H and O–H groups in total. The van der Waals surface area contributed by atoms with Crippen LogP contribution in [-0.2, 0) is 10.9 Å². The lowest BCUT2D eigenvalue weighted by Crippen LogP contribution is -2.30. The Morgan fingerprint density at radius 3 is 2.70 bits per heavy atom. The molecule has 2 rings (SSSR count). The van der Waals surface area contributed by atoms with Crippen LogP contribution in [0.3, 0.4) is 0 Å². The Labute approximate surface area is 114 Å². The Morgan fingerprint density at radius 1 is 1.30 bits per heavy atom. The molecule has 20 heavy (non-hydrogen) atoms. The van der Waals surface area contributed by atoms with E-state index in [1.807, 2.05) is 0 Å². The molecule has 0 atom stereocenters. The summed E-state index contributed by atoms with van der Waals surface area (Å²) in [7, 11) is 0. The highest BCUT2D eigenvalue weighted by Crippen LogP contribution is 2.30. The van der Waals surface area contributed by atoms with E-state index < -0.39 is 11.9 Å². The molecular weight excluding hydrogens is 273 g/mol. The minimum Gasteiger partial charge on any atom is -0.384 e. The zero-order chi connectivity index (χ0) is 14.8. The highest BCUT2D eigenvalue weighted by Gasteiger charge is 2.34. The van der Waals surface area contributed by atoms with Gasteiger partial charge in [0.2, 0.25) is 0 Å². The molecule has 0 spiro atoms. The fourth-order valence-electron chi connectivity index (χ4n) is 2.02. The van der Waals surface area contributed by atoms with E-state index >= 15 is 0 Å². The third-order valence-electron chi connectivity index (χ3n) is 2.98. The Bertz CT molecular complexity index is 496. The van der Waals surface area contributed by atoms with E-state index in [4.69, 9.17) is 15.9 Å². The fourth-order valence-corrected chi connectivity index (χ4v) is 2.02. The van der Waals surface area contributed by atoms with Crippen molar-refractivity contribution in [2.24, 2.45) is 5.73 Å². The van der Waals surface area contributed by atoms with Crippen molar-refractivity contribution in [2.45, 2.75) is 12.6 Å². The summed E-state index contributed by atoms with van der Waals surface area (Å²) in [4.78, 5) is 5.33. The minimum atomic E-state index is -4.52. The van der Waals surface area contributed by atoms with Crippen LogP contribution in [-0.4, -0.2) is 37.1 Å². The standard InChI is InChI=1S/C12H15F3N4O/c13-12(14,15)9-3-2-8(10(16)17)11(18-9)19-4-1-6-20-7-5-19/h2-3H,1,4-7H2,(H3,16,17). The number of nitrogens with one attached hydrogen (secondary N) is 1. The molecule has 110 valence electrons. The van der Waals surface area contributed by atoms with Gasteiger partial charge in [-0.1, -0.05) is 0 Å². The van der Waals surface area contributed by atoms with Gasteiger partial charge in [0.1, 0.15) is 17.3 Å². The third-order valence-corrected chi connectivity index (χ3v) is 2.98. The molecule has 0 amide bonds. The molecule has 0 unspecified atom stereocenters. The molecule has 5 nitrogen and oxygen atoms in total. The van der Waals surface area contributed by atoms with Crippen LogP contribution in [0, 0.1) is 5.41 Å². The van der Waals surface area contributed by atoms with E-state index in [0.29, 0.717) is 32.7 Å². The summed E-state index contributed by atoms with van der Waals surface area (Å²) >= 11 is 0. The van der Waals surface area contributed by atoms with Crippen molar-refractivity contribution < 1.29 is 17.9 Å². The lowest BCUT2D eigenvalue weighted by molar-refractivity contribution is -0.141. The van der Waals surface area contributed by atoms with E-state index in [1.165, 1.54) is 6.07 Å². The monoisotopic (exact) mass is 288 g/mol. The third kappa shape index (κ3) is 3.19. The zero-order valence-corrected chi connectivity index (χ0v) is 10.7. The summed E-state index contributed by atoms with van der Waals surface area (Å²) in [6, 6.07) is 2.04. The predicted octanol–water partition coefficient (Wildman–Crippen LogP) is 1.61. The second-order valence-electron chi connectivity index (χ2n) is 4.43. The van der Waals surface area contributed by atoms with Crippen molar-refractivity contribution in [1.82, 2.24) is 4.98 Å². The van der Waals surface area contributed by atoms with Gasteiger partial charge in [-0.3, -0.25) is 5.41 Å². The number of hydrogen-bond acceptors (Lipinski definition) is 4. The molecule has 1 aliphatic heterocycles. The molecule has 1 aromatic heterocycles. The average Bonchev–Trinajstić information content (AvgIpc) is 2.65. The molecule has 1 aromatic rings. The molecule has 1 saturated heterocycles. The van der Waals surface area contributed by atoms with Crippen LogP contribution in [0.4, 0.5) is 19.0 Å². The number of aromatic nitrogens is 1. The number of alkyl halides is 3. The van der Waals surface area contributed by atoms with Gasteiger partial charge in [0.05, 0.1) is 12.2 Å². The molecule has 0 radical (unpaired) electrons. The Hall–Kier alpha value is -1.83. The van der Waals surface area contributed by atoms with E-state index in [-0.39, 0.29) is 17.2 Å². The van der Waals surface area contributed by atoms with Crippen LogP contribution in [0.2, 0.25) is 0 Å². The van der Waals surface area contributed by atoms with Crippen LogP contribution in [0.1, 0.15) is 17.7 Å². The maximum absolute atomic E-state index is 12.8.